The maximum Gasteiger partial charge on any atom is 0.407 e. The van der Waals surface area contributed by atoms with Crippen molar-refractivity contribution < 1.29 is 23.4 Å². The Morgan fingerprint density at radius 1 is 1.37 bits per heavy atom. The predicted molar refractivity (Wildman–Crippen MR) is 120 cm³/mol. The van der Waals surface area contributed by atoms with Gasteiger partial charge < -0.3 is 19.5 Å². The number of ether oxygens (including phenoxy) is 3. The fourth-order valence-electron chi connectivity index (χ4n) is 2.84. The highest BCUT2D eigenvalue weighted by Crippen LogP contribution is 2.27. The summed E-state index contributed by atoms with van der Waals surface area (Å²) in [6, 6.07) is 4.57. The summed E-state index contributed by atoms with van der Waals surface area (Å²) < 4.78 is 31.9. The molecule has 1 aliphatic rings. The van der Waals surface area contributed by atoms with E-state index < -0.39 is 6.09 Å². The van der Waals surface area contributed by atoms with E-state index in [1.165, 1.54) is 24.1 Å². The molecule has 1 aromatic rings. The van der Waals surface area contributed by atoms with Gasteiger partial charge in [0.15, 0.2) is 0 Å². The number of hydrogen-bond acceptors (Lipinski definition) is 6. The first-order valence-corrected chi connectivity index (χ1v) is 11.3. The second-order valence-electron chi connectivity index (χ2n) is 6.70. The lowest BCUT2D eigenvalue weighted by Gasteiger charge is -2.15. The van der Waals surface area contributed by atoms with Crippen LogP contribution in [0.2, 0.25) is 0 Å². The van der Waals surface area contributed by atoms with E-state index in [1.54, 1.807) is 11.5 Å². The maximum atomic E-state index is 13.4. The van der Waals surface area contributed by atoms with Gasteiger partial charge in [0.05, 0.1) is 13.2 Å². The molecule has 1 aliphatic heterocycles. The van der Waals surface area contributed by atoms with Crippen LogP contribution < -0.4 is 10.1 Å². The average Bonchev–Trinajstić information content (AvgIpc) is 3.15. The number of carbonyl (C=O) groups excluding carboxylic acids is 1. The van der Waals surface area contributed by atoms with Crippen LogP contribution in [0.4, 0.5) is 9.18 Å². The quantitative estimate of drug-likeness (QED) is 0.386. The molecule has 1 N–H and O–H groups in total. The van der Waals surface area contributed by atoms with Crippen molar-refractivity contribution in [3.63, 3.8) is 0 Å². The summed E-state index contributed by atoms with van der Waals surface area (Å²) in [5.41, 5.74) is 0.961. The number of carbonyl (C=O) groups is 1. The first-order valence-electron chi connectivity index (χ1n) is 10.5. The molecule has 6 nitrogen and oxygen atoms in total. The summed E-state index contributed by atoms with van der Waals surface area (Å²) in [6.45, 7) is 14.7. The summed E-state index contributed by atoms with van der Waals surface area (Å²) >= 11 is 1.53. The van der Waals surface area contributed by atoms with Gasteiger partial charge in [0.2, 0.25) is 0 Å². The van der Waals surface area contributed by atoms with E-state index in [-0.39, 0.29) is 17.8 Å². The minimum Gasteiger partial charge on any atom is -0.491 e. The van der Waals surface area contributed by atoms with Crippen LogP contribution in [0, 0.1) is 5.82 Å². The van der Waals surface area contributed by atoms with Crippen molar-refractivity contribution in [2.45, 2.75) is 46.1 Å². The van der Waals surface area contributed by atoms with Gasteiger partial charge in [-0.3, -0.25) is 0 Å². The molecule has 1 amide bonds. The summed E-state index contributed by atoms with van der Waals surface area (Å²) in [5.74, 6) is 0.464. The van der Waals surface area contributed by atoms with Crippen LogP contribution in [-0.4, -0.2) is 56.0 Å². The number of nitrogens with one attached hydrogen (secondary N) is 1. The summed E-state index contributed by atoms with van der Waals surface area (Å²) in [7, 11) is 0. The lowest BCUT2D eigenvalue weighted by molar-refractivity contribution is 0.0874. The van der Waals surface area contributed by atoms with Crippen LogP contribution in [0.25, 0.3) is 0 Å². The number of rotatable bonds is 11. The number of benzene rings is 1. The molecule has 0 bridgehead atoms. The SMILES string of the molecule is C=CSN1CCC(OC(=O)NCCOCCOc2cc(F)ccc2C(C)C)C1.CC. The number of nitrogens with zero attached hydrogens (tertiary/aromatic N) is 1. The molecule has 0 aliphatic carbocycles. The number of halogens is 1. The van der Waals surface area contributed by atoms with Gasteiger partial charge in [-0.05, 0) is 29.4 Å². The minimum atomic E-state index is -0.434. The van der Waals surface area contributed by atoms with Crippen molar-refractivity contribution in [3.8, 4) is 5.75 Å². The number of hydrogen-bond donors (Lipinski definition) is 1. The summed E-state index contributed by atoms with van der Waals surface area (Å²) in [6.07, 6.45) is 0.292. The van der Waals surface area contributed by atoms with Gasteiger partial charge in [0.1, 0.15) is 24.3 Å². The van der Waals surface area contributed by atoms with Gasteiger partial charge in [-0.1, -0.05) is 52.3 Å². The summed E-state index contributed by atoms with van der Waals surface area (Å²) in [5, 5.41) is 4.44. The lowest BCUT2D eigenvalue weighted by Crippen LogP contribution is -2.32. The molecule has 0 radical (unpaired) electrons. The van der Waals surface area contributed by atoms with Crippen LogP contribution in [0.1, 0.15) is 45.6 Å². The van der Waals surface area contributed by atoms with Gasteiger partial charge in [0.25, 0.3) is 0 Å². The third kappa shape index (κ3) is 9.82. The zero-order chi connectivity index (χ0) is 22.4. The molecule has 1 saturated heterocycles. The Hall–Kier alpha value is -1.77. The van der Waals surface area contributed by atoms with Gasteiger partial charge in [0, 0.05) is 25.7 Å². The molecule has 30 heavy (non-hydrogen) atoms. The van der Waals surface area contributed by atoms with Gasteiger partial charge >= 0.3 is 6.09 Å². The van der Waals surface area contributed by atoms with Crippen molar-refractivity contribution in [1.29, 1.82) is 0 Å². The molecule has 1 aromatic carbocycles. The number of amides is 1. The summed E-state index contributed by atoms with van der Waals surface area (Å²) in [4.78, 5) is 11.8. The Bertz CT molecular complexity index is 646. The maximum absolute atomic E-state index is 13.4. The molecule has 0 saturated carbocycles. The Labute approximate surface area is 184 Å². The van der Waals surface area contributed by atoms with Crippen molar-refractivity contribution in [1.82, 2.24) is 9.62 Å². The van der Waals surface area contributed by atoms with Gasteiger partial charge in [-0.2, -0.15) is 0 Å². The third-order valence-electron chi connectivity index (χ3n) is 4.20. The van der Waals surface area contributed by atoms with Crippen LogP contribution in [0.15, 0.2) is 30.2 Å². The first kappa shape index (κ1) is 26.3. The third-order valence-corrected chi connectivity index (χ3v) is 4.98. The largest absolute Gasteiger partial charge is 0.491 e. The zero-order valence-electron chi connectivity index (χ0n) is 18.5. The van der Waals surface area contributed by atoms with Crippen LogP contribution in [-0.2, 0) is 9.47 Å². The fraction of sp³-hybridized carbons (Fsp3) is 0.591. The highest BCUT2D eigenvalue weighted by molar-refractivity contribution is 7.99. The van der Waals surface area contributed by atoms with E-state index in [4.69, 9.17) is 14.2 Å². The second-order valence-corrected chi connectivity index (χ2v) is 7.76. The monoisotopic (exact) mass is 442 g/mol. The average molecular weight is 443 g/mol. The lowest BCUT2D eigenvalue weighted by atomic mass is 10.0. The standard InChI is InChI=1S/C20H29FN2O4S.C2H6/c1-4-28-23-9-7-17(14-23)27-20(24)22-8-10-25-11-12-26-19-13-16(21)5-6-18(19)15(2)3;1-2/h4-6,13,15,17H,1,7-12,14H2,2-3H3,(H,22,24);1-2H3. The molecule has 170 valence electrons. The Morgan fingerprint density at radius 2 is 2.13 bits per heavy atom. The molecule has 1 unspecified atom stereocenters. The molecule has 1 fully saturated rings. The van der Waals surface area contributed by atoms with Crippen molar-refractivity contribution in [2.24, 2.45) is 0 Å². The minimum absolute atomic E-state index is 0.0943. The van der Waals surface area contributed by atoms with Gasteiger partial charge in [-0.25, -0.2) is 13.5 Å². The van der Waals surface area contributed by atoms with E-state index >= 15 is 0 Å². The molecule has 1 heterocycles. The Balaban J connectivity index is 0.00000218. The molecule has 1 atom stereocenters. The first-order chi connectivity index (χ1) is 14.5. The second kappa shape index (κ2) is 15.1. The molecule has 2 rings (SSSR count). The van der Waals surface area contributed by atoms with E-state index in [9.17, 15) is 9.18 Å². The van der Waals surface area contributed by atoms with Crippen molar-refractivity contribution in [2.75, 3.05) is 39.5 Å². The van der Waals surface area contributed by atoms with E-state index in [0.29, 0.717) is 38.7 Å². The van der Waals surface area contributed by atoms with E-state index in [2.05, 4.69) is 16.2 Å². The van der Waals surface area contributed by atoms with Crippen LogP contribution in [0.3, 0.4) is 0 Å². The van der Waals surface area contributed by atoms with E-state index in [1.807, 2.05) is 27.7 Å². The van der Waals surface area contributed by atoms with Crippen molar-refractivity contribution >= 4 is 18.0 Å². The normalized spacial score (nSPS) is 16.0. The highest BCUT2D eigenvalue weighted by atomic mass is 32.2. The topological polar surface area (TPSA) is 60.0 Å². The molecular weight excluding hydrogens is 407 g/mol. The predicted octanol–water partition coefficient (Wildman–Crippen LogP) is 4.96. The molecule has 0 spiro atoms. The van der Waals surface area contributed by atoms with Crippen molar-refractivity contribution in [3.05, 3.63) is 41.6 Å². The molecule has 8 heteroatoms. The molecular formula is C22H35FN2O4S. The van der Waals surface area contributed by atoms with Crippen LogP contribution in [0.5, 0.6) is 5.75 Å². The van der Waals surface area contributed by atoms with Crippen LogP contribution >= 0.6 is 11.9 Å². The van der Waals surface area contributed by atoms with Gasteiger partial charge in [-0.15, -0.1) is 0 Å². The highest BCUT2D eigenvalue weighted by Gasteiger charge is 2.25. The van der Waals surface area contributed by atoms with E-state index in [0.717, 1.165) is 18.5 Å². The number of alkyl carbamates (subject to hydrolysis) is 1. The Morgan fingerprint density at radius 3 is 2.83 bits per heavy atom. The molecule has 0 aromatic heterocycles. The zero-order valence-corrected chi connectivity index (χ0v) is 19.3. The Kier molecular flexibility index (Phi) is 13.2. The fourth-order valence-corrected chi connectivity index (χ4v) is 3.51. The smallest absolute Gasteiger partial charge is 0.407 e.